The second kappa shape index (κ2) is 47.3. The maximum atomic E-state index is 14.4. The van der Waals surface area contributed by atoms with Gasteiger partial charge < -0.3 is 101 Å². The van der Waals surface area contributed by atoms with Gasteiger partial charge in [0, 0.05) is 129 Å². The van der Waals surface area contributed by atoms with Crippen molar-refractivity contribution in [3.63, 3.8) is 0 Å². The predicted molar refractivity (Wildman–Crippen MR) is 530 cm³/mol. The first-order chi connectivity index (χ1) is 88.1. The minimum absolute atomic E-state index is 0.00107. The summed E-state index contributed by atoms with van der Waals surface area (Å²) in [5.74, 6) is -6.13. The summed E-state index contributed by atoms with van der Waals surface area (Å²) in [5, 5.41) is 165. The molecule has 16 N–H and O–H groups in total. The van der Waals surface area contributed by atoms with Gasteiger partial charge in [0.25, 0.3) is 0 Å². The van der Waals surface area contributed by atoms with Crippen molar-refractivity contribution in [3.05, 3.63) is 141 Å². The maximum Gasteiger partial charge on any atom is 0.191 e. The van der Waals surface area contributed by atoms with Gasteiger partial charge in [-0.05, 0) is 148 Å². The van der Waals surface area contributed by atoms with Gasteiger partial charge in [0.05, 0.1) is 139 Å². The summed E-state index contributed by atoms with van der Waals surface area (Å²) in [7, 11) is 0. The molecule has 0 radical (unpaired) electrons. The van der Waals surface area contributed by atoms with Gasteiger partial charge in [-0.1, -0.05) is 144 Å². The molecule has 4 aromatic carbocycles. The van der Waals surface area contributed by atoms with E-state index in [2.05, 4.69) is 112 Å². The third kappa shape index (κ3) is 23.8. The molecule has 0 aliphatic heterocycles. The quantitative estimate of drug-likeness (QED) is 0.00969. The van der Waals surface area contributed by atoms with Crippen LogP contribution in [0.15, 0.2) is 93.4 Å². The van der Waals surface area contributed by atoms with Crippen LogP contribution in [0.1, 0.15) is 268 Å². The number of hydrogen-bond donors (Lipinski definition) is 16. The molecule has 8 aliphatic rings. The molecule has 0 saturated heterocycles. The summed E-state index contributed by atoms with van der Waals surface area (Å²) in [6.07, 6.45) is -74.4. The molecule has 8 aliphatic carbocycles. The van der Waals surface area contributed by atoms with E-state index in [0.717, 1.165) is 27.7 Å². The van der Waals surface area contributed by atoms with Crippen molar-refractivity contribution in [2.24, 2.45) is 0 Å². The third-order valence-corrected chi connectivity index (χ3v) is 24.5. The Hall–Kier alpha value is -9.52. The van der Waals surface area contributed by atoms with E-state index in [1.165, 1.54) is 42.5 Å². The first-order valence-electron chi connectivity index (χ1n) is 68.7. The van der Waals surface area contributed by atoms with Crippen LogP contribution in [0.5, 0.6) is 0 Å². The fourth-order valence-corrected chi connectivity index (χ4v) is 16.1. The van der Waals surface area contributed by atoms with E-state index in [4.69, 9.17) is 80.8 Å². The molecular weight excluding hydrogens is 1950 g/mol. The number of nitrogens with one attached hydrogen (secondary N) is 4. The highest BCUT2D eigenvalue weighted by Crippen LogP contribution is 2.50. The third-order valence-electron chi connectivity index (χ3n) is 21.8. The molecule has 20 rings (SSSR count). The lowest BCUT2D eigenvalue weighted by molar-refractivity contribution is -0.0629. The number of anilines is 4. The number of benzene rings is 4. The van der Waals surface area contributed by atoms with E-state index >= 15 is 0 Å². The van der Waals surface area contributed by atoms with Crippen molar-refractivity contribution in [3.8, 4) is 0 Å². The highest BCUT2D eigenvalue weighted by atomic mass is 32.2. The zero-order chi connectivity index (χ0) is 149. The molecule has 12 aromatic rings. The monoisotopic (exact) mass is 2130 g/mol. The molecular formula is C96H124F4N24O16S4. The summed E-state index contributed by atoms with van der Waals surface area (Å²) in [4.78, 5) is 32.9. The Bertz CT molecular complexity index is 9320. The summed E-state index contributed by atoms with van der Waals surface area (Å²) in [6.45, 7) is -9.52. The molecule has 8 aromatic heterocycles. The van der Waals surface area contributed by atoms with Gasteiger partial charge >= 0.3 is 0 Å². The van der Waals surface area contributed by atoms with E-state index in [1.54, 1.807) is 58.0 Å². The zero-order valence-electron chi connectivity index (χ0n) is 128. The molecule has 0 amide bonds. The minimum Gasteiger partial charge on any atom is -0.394 e. The standard InChI is InChI=1S/4C24H31FN6O4S/c4*1-3-8-36-24-27-22(26-16-10-14(16)13-5-4-12(2)15(25)9-13)19-23(28-24)31(30-29-19)17-11-18(35-7-6-32)21(34)20(17)33/h4*4-5,9,14,16-18,20-21,32-34H,3,6-8,10-11H2,1-2H3,(H,26,27,28)/t4*14-,16+,17+,18-,20-,21+/m0000/s1/i3D2,6D2,7D2,8D2,11D2,16D,17D,18D,20D,21D;3D2,7D2,8D2,11D2,16D,17D,18D,20D,21D;3D2,6D2,8D2,11D2,16D,17D,18D,20D,21D;3D2,8D2,11D2,16D,17D,18D,20D,21D. The van der Waals surface area contributed by atoms with Crippen LogP contribution in [0.4, 0.5) is 40.8 Å². The van der Waals surface area contributed by atoms with Crippen LogP contribution < -0.4 is 21.3 Å². The molecule has 40 nitrogen and oxygen atoms in total. The van der Waals surface area contributed by atoms with Crippen molar-refractivity contribution < 1.29 is 169 Å². The molecule has 8 heterocycles. The van der Waals surface area contributed by atoms with Crippen LogP contribution in [-0.2, 0) is 18.9 Å². The number of halogens is 4. The Morgan fingerprint density at radius 2 is 0.611 bits per heavy atom. The Labute approximate surface area is 916 Å². The largest absolute Gasteiger partial charge is 0.394 e. The number of rotatable bonds is 40. The number of aromatic nitrogens is 20. The first-order valence-corrected chi connectivity index (χ1v) is 46.0. The summed E-state index contributed by atoms with van der Waals surface area (Å²) < 4.78 is 509. The van der Waals surface area contributed by atoms with Gasteiger partial charge in [-0.25, -0.2) is 76.2 Å². The van der Waals surface area contributed by atoms with Crippen LogP contribution in [0, 0.1) is 51.0 Å². The molecule has 0 unspecified atom stereocenters. The number of aryl methyl sites for hydroxylation is 4. The smallest absolute Gasteiger partial charge is 0.191 e. The Morgan fingerprint density at radius 1 is 0.354 bits per heavy atom. The van der Waals surface area contributed by atoms with E-state index < -0.39 is 377 Å². The maximum absolute atomic E-state index is 14.4. The van der Waals surface area contributed by atoms with Crippen molar-refractivity contribution in [1.82, 2.24) is 99.8 Å². The normalized spacial score (nSPS) is 45.7. The average Bonchev–Trinajstić information content (AvgIpc) is 1.48. The van der Waals surface area contributed by atoms with Crippen molar-refractivity contribution in [2.45, 2.75) is 297 Å². The van der Waals surface area contributed by atoms with Crippen LogP contribution >= 0.6 is 47.0 Å². The number of aliphatic hydroxyl groups is 12. The predicted octanol–water partition coefficient (Wildman–Crippen LogP) is 8.73. The molecule has 48 heteroatoms. The molecule has 8 fully saturated rings. The van der Waals surface area contributed by atoms with Crippen LogP contribution in [0.2, 0.25) is 0 Å². The second-order valence-corrected chi connectivity index (χ2v) is 34.4. The molecule has 144 heavy (non-hydrogen) atoms. The average molecular weight is 2130 g/mol. The van der Waals surface area contributed by atoms with Gasteiger partial charge in [0.1, 0.15) is 71.9 Å². The van der Waals surface area contributed by atoms with E-state index in [1.807, 2.05) is 0 Å². The topological polar surface area (TPSA) is 554 Å². The number of nitrogens with zero attached hydrogens (tertiary/aromatic N) is 20. The summed E-state index contributed by atoms with van der Waals surface area (Å²) >= 11 is 0.493. The second-order valence-electron chi connectivity index (χ2n) is 31.3. The summed E-state index contributed by atoms with van der Waals surface area (Å²) in [6, 6.07) is -4.16. The molecule has 24 atom stereocenters. The number of aliphatic hydroxyl groups excluding tert-OH is 2. The van der Waals surface area contributed by atoms with Crippen molar-refractivity contribution >= 4 is 115 Å². The van der Waals surface area contributed by atoms with E-state index in [-0.39, 0.29) is 97.3 Å². The van der Waals surface area contributed by atoms with Crippen molar-refractivity contribution in [2.75, 3.05) is 96.8 Å². The van der Waals surface area contributed by atoms with Gasteiger partial charge in [-0.15, -0.1) is 20.4 Å². The Kier molecular flexibility index (Phi) is 19.2. The zero-order valence-corrected chi connectivity index (χ0v) is 79.2. The molecule has 0 spiro atoms. The van der Waals surface area contributed by atoms with E-state index in [0.29, 0.717) is 44.5 Å². The number of ether oxygens (including phenoxy) is 4. The van der Waals surface area contributed by atoms with Crippen LogP contribution in [0.25, 0.3) is 44.7 Å². The van der Waals surface area contributed by atoms with E-state index in [9.17, 15) is 78.8 Å². The summed E-state index contributed by atoms with van der Waals surface area (Å²) in [5.41, 5.74) is -12.8. The van der Waals surface area contributed by atoms with Gasteiger partial charge in [-0.2, -0.15) is 0 Å². The lowest BCUT2D eigenvalue weighted by Crippen LogP contribution is -2.33. The van der Waals surface area contributed by atoms with Crippen LogP contribution in [0.3, 0.4) is 0 Å². The number of fused-ring (bicyclic) bond motifs is 4. The lowest BCUT2D eigenvalue weighted by atomic mass is 10.1. The SMILES string of the molecule is [2H]C([2H])(C)C([2H])([2H])Sc1nc(N[C@]2([2H])C[C@H]2c2ccc(C)c(F)c2)c2nnn([C@]3([2H])C([2H])([2H])[C@]([2H])(OC([2H])([2H])C([2H])([2H])O)[C@@]([2H])(O)[C@@]3([2H])O)c2n1.[2H]C([2H])(C)C([2H])([2H])Sc1nc(N[C@]2([2H])C[C@H]2c2ccc(C)c(F)c2)c2nnn([C@]3([2H])C([2H])([2H])[C@]([2H])(OCCO)[C@@]([2H])(O)[C@@]3([2H])O)c2n1.[2H]C([2H])(CO)O[C@@]1([2H])C([2H])([2H])[C@@]([2H])(n2nnc3c(N[C@]4([2H])C[C@H]4c4ccc(C)c(F)c4)nc(SC([2H])([2H])C([2H])([2H])C)nc32)[C@]([2H])(O)[C@]1([2H])O.[2H]C([2H])(O)CO[C@@]1([2H])C([2H])([2H])[C@@]([2H])(n2nnc3c(N[C@]4([2H])C[C@H]4c4ccc(C)c(F)c4)nc(SC([2H])([2H])C([2H])([2H])C)nc32)[C@]([2H])(O)[C@]1([2H])O. The fraction of sp³-hybridized carbons (Fsp3) is 0.583. The Morgan fingerprint density at radius 3 is 0.847 bits per heavy atom. The molecule has 8 saturated carbocycles. The highest BCUT2D eigenvalue weighted by molar-refractivity contribution is 7.99. The number of thioether (sulfide) groups is 4. The molecule has 776 valence electrons. The minimum atomic E-state index is -4.39. The van der Waals surface area contributed by atoms with Gasteiger partial charge in [0.15, 0.2) is 88.6 Å². The lowest BCUT2D eigenvalue weighted by Gasteiger charge is -2.17. The number of hydrogen-bond acceptors (Lipinski definition) is 40. The Balaban J connectivity index is 0.000000170. The molecule has 0 bridgehead atoms. The fourth-order valence-electron chi connectivity index (χ4n) is 14.3. The highest BCUT2D eigenvalue weighted by Gasteiger charge is 2.51. The van der Waals surface area contributed by atoms with Crippen LogP contribution in [-0.4, -0.2) is 334 Å². The van der Waals surface area contributed by atoms with Crippen molar-refractivity contribution in [1.29, 1.82) is 0 Å². The van der Waals surface area contributed by atoms with Gasteiger partial charge in [0.2, 0.25) is 0 Å². The van der Waals surface area contributed by atoms with Gasteiger partial charge in [-0.3, -0.25) is 0 Å². The first kappa shape index (κ1) is 58.4.